The summed E-state index contributed by atoms with van der Waals surface area (Å²) in [4.78, 5) is 1.98. The number of sulfonamides is 1. The summed E-state index contributed by atoms with van der Waals surface area (Å²) < 4.78 is 40.8. The van der Waals surface area contributed by atoms with Crippen LogP contribution in [0.15, 0.2) is 23.1 Å². The Morgan fingerprint density at radius 1 is 1.24 bits per heavy atom. The Labute approximate surface area is 124 Å². The van der Waals surface area contributed by atoms with E-state index < -0.39 is 15.8 Å². The fraction of sp³-hybridized carbons (Fsp3) is 0.571. The number of fused-ring (bicyclic) bond motifs is 2. The lowest BCUT2D eigenvalue weighted by atomic mass is 10.1. The molecular formula is C14H20FN3O2S. The highest BCUT2D eigenvalue weighted by Gasteiger charge is 2.39. The van der Waals surface area contributed by atoms with Gasteiger partial charge in [0.05, 0.1) is 0 Å². The molecule has 7 heteroatoms. The quantitative estimate of drug-likeness (QED) is 0.835. The zero-order valence-electron chi connectivity index (χ0n) is 12.0. The molecular weight excluding hydrogens is 293 g/mol. The van der Waals surface area contributed by atoms with E-state index >= 15 is 0 Å². The Balaban J connectivity index is 1.91. The highest BCUT2D eigenvalue weighted by Crippen LogP contribution is 2.31. The van der Waals surface area contributed by atoms with Gasteiger partial charge in [0.15, 0.2) is 0 Å². The lowest BCUT2D eigenvalue weighted by Gasteiger charge is -2.25. The molecule has 0 radical (unpaired) electrons. The van der Waals surface area contributed by atoms with Crippen LogP contribution in [0.2, 0.25) is 0 Å². The van der Waals surface area contributed by atoms with E-state index in [0.29, 0.717) is 19.1 Å². The number of likely N-dealkylation sites (N-methyl/N-ethyl adjacent to an activating group) is 1. The Bertz CT molecular complexity index is 650. The minimum absolute atomic E-state index is 0.223. The third kappa shape index (κ3) is 2.54. The van der Waals surface area contributed by atoms with Crippen molar-refractivity contribution in [3.63, 3.8) is 0 Å². The van der Waals surface area contributed by atoms with E-state index in [1.165, 1.54) is 16.4 Å². The number of rotatable bonds is 2. The zero-order valence-corrected chi connectivity index (χ0v) is 12.8. The van der Waals surface area contributed by atoms with Gasteiger partial charge in [0.25, 0.3) is 0 Å². The molecule has 1 aromatic rings. The molecule has 2 N–H and O–H groups in total. The van der Waals surface area contributed by atoms with Gasteiger partial charge in [0, 0.05) is 30.9 Å². The molecule has 116 valence electrons. The van der Waals surface area contributed by atoms with E-state index in [1.54, 1.807) is 0 Å². The molecule has 0 amide bonds. The maximum Gasteiger partial charge on any atom is 0.246 e. The SMILES string of the molecule is CN1C2CCC1CN(S(=O)(=O)c1ccc(N)cc1F)CC2. The number of halogens is 1. The molecule has 2 aliphatic heterocycles. The normalized spacial score (nSPS) is 27.7. The van der Waals surface area contributed by atoms with Crippen LogP contribution < -0.4 is 5.73 Å². The molecule has 0 aromatic heterocycles. The number of nitrogens with zero attached hydrogens (tertiary/aromatic N) is 2. The van der Waals surface area contributed by atoms with Crippen LogP contribution in [-0.2, 0) is 10.0 Å². The average Bonchev–Trinajstić information content (AvgIpc) is 2.61. The van der Waals surface area contributed by atoms with Gasteiger partial charge in [-0.3, -0.25) is 4.90 Å². The van der Waals surface area contributed by atoms with Crippen molar-refractivity contribution in [3.05, 3.63) is 24.0 Å². The molecule has 2 fully saturated rings. The third-order valence-corrected chi connectivity index (χ3v) is 6.58. The Kier molecular flexibility index (Phi) is 3.67. The van der Waals surface area contributed by atoms with E-state index in [0.717, 1.165) is 25.3 Å². The molecule has 5 nitrogen and oxygen atoms in total. The van der Waals surface area contributed by atoms with Crippen molar-refractivity contribution < 1.29 is 12.8 Å². The average molecular weight is 313 g/mol. The van der Waals surface area contributed by atoms with Crippen LogP contribution in [-0.4, -0.2) is 49.8 Å². The molecule has 0 aliphatic carbocycles. The molecule has 21 heavy (non-hydrogen) atoms. The van der Waals surface area contributed by atoms with Gasteiger partial charge in [0.2, 0.25) is 10.0 Å². The minimum Gasteiger partial charge on any atom is -0.399 e. The molecule has 2 heterocycles. The highest BCUT2D eigenvalue weighted by atomic mass is 32.2. The molecule has 2 bridgehead atoms. The lowest BCUT2D eigenvalue weighted by molar-refractivity contribution is 0.246. The van der Waals surface area contributed by atoms with Crippen LogP contribution in [0.1, 0.15) is 19.3 Å². The second-order valence-electron chi connectivity index (χ2n) is 5.89. The number of nitrogen functional groups attached to an aromatic ring is 1. The van der Waals surface area contributed by atoms with E-state index in [2.05, 4.69) is 4.90 Å². The van der Waals surface area contributed by atoms with Gasteiger partial charge in [-0.2, -0.15) is 4.31 Å². The maximum absolute atomic E-state index is 14.0. The van der Waals surface area contributed by atoms with Crippen LogP contribution in [0.5, 0.6) is 0 Å². The van der Waals surface area contributed by atoms with Crippen molar-refractivity contribution in [2.24, 2.45) is 0 Å². The first-order valence-electron chi connectivity index (χ1n) is 7.16. The van der Waals surface area contributed by atoms with Gasteiger partial charge in [0.1, 0.15) is 10.7 Å². The molecule has 0 saturated carbocycles. The summed E-state index contributed by atoms with van der Waals surface area (Å²) in [5.74, 6) is -0.780. The molecule has 2 saturated heterocycles. The van der Waals surface area contributed by atoms with Crippen LogP contribution in [0.3, 0.4) is 0 Å². The maximum atomic E-state index is 14.0. The molecule has 2 atom stereocenters. The Hall–Kier alpha value is -1.18. The fourth-order valence-electron chi connectivity index (χ4n) is 3.36. The Morgan fingerprint density at radius 2 is 1.95 bits per heavy atom. The van der Waals surface area contributed by atoms with Crippen molar-refractivity contribution in [1.29, 1.82) is 0 Å². The van der Waals surface area contributed by atoms with E-state index in [-0.39, 0.29) is 16.6 Å². The van der Waals surface area contributed by atoms with Crippen LogP contribution in [0.4, 0.5) is 10.1 Å². The number of anilines is 1. The van der Waals surface area contributed by atoms with E-state index in [1.807, 2.05) is 7.05 Å². The summed E-state index contributed by atoms with van der Waals surface area (Å²) in [5.41, 5.74) is 5.71. The topological polar surface area (TPSA) is 66.6 Å². The van der Waals surface area contributed by atoms with Crippen molar-refractivity contribution >= 4 is 15.7 Å². The van der Waals surface area contributed by atoms with Crippen molar-refractivity contribution in [1.82, 2.24) is 9.21 Å². The van der Waals surface area contributed by atoms with Crippen molar-refractivity contribution in [3.8, 4) is 0 Å². The molecule has 2 aliphatic rings. The zero-order chi connectivity index (χ0) is 15.2. The largest absolute Gasteiger partial charge is 0.399 e. The fourth-order valence-corrected chi connectivity index (χ4v) is 4.90. The minimum atomic E-state index is -3.80. The van der Waals surface area contributed by atoms with Crippen LogP contribution in [0, 0.1) is 5.82 Å². The highest BCUT2D eigenvalue weighted by molar-refractivity contribution is 7.89. The van der Waals surface area contributed by atoms with Crippen molar-refractivity contribution in [2.45, 2.75) is 36.2 Å². The van der Waals surface area contributed by atoms with E-state index in [9.17, 15) is 12.8 Å². The van der Waals surface area contributed by atoms with Gasteiger partial charge >= 0.3 is 0 Å². The smallest absolute Gasteiger partial charge is 0.246 e. The summed E-state index contributed by atoms with van der Waals surface area (Å²) in [5, 5.41) is 0. The van der Waals surface area contributed by atoms with Crippen LogP contribution >= 0.6 is 0 Å². The van der Waals surface area contributed by atoms with Gasteiger partial charge in [-0.15, -0.1) is 0 Å². The number of hydrogen-bond acceptors (Lipinski definition) is 4. The summed E-state index contributed by atoms with van der Waals surface area (Å²) in [6.07, 6.45) is 2.91. The van der Waals surface area contributed by atoms with Gasteiger partial charge in [-0.05, 0) is 44.5 Å². The first-order chi connectivity index (χ1) is 9.89. The van der Waals surface area contributed by atoms with Crippen molar-refractivity contribution in [2.75, 3.05) is 25.9 Å². The molecule has 0 spiro atoms. The Morgan fingerprint density at radius 3 is 2.67 bits per heavy atom. The molecule has 3 rings (SSSR count). The first-order valence-corrected chi connectivity index (χ1v) is 8.60. The second kappa shape index (κ2) is 5.23. The predicted octanol–water partition coefficient (Wildman–Crippen LogP) is 1.27. The molecule has 1 aromatic carbocycles. The molecule has 2 unspecified atom stereocenters. The van der Waals surface area contributed by atoms with Gasteiger partial charge < -0.3 is 5.73 Å². The van der Waals surface area contributed by atoms with E-state index in [4.69, 9.17) is 5.73 Å². The summed E-state index contributed by atoms with van der Waals surface area (Å²) in [6, 6.07) is 4.40. The third-order valence-electron chi connectivity index (χ3n) is 4.68. The number of nitrogens with two attached hydrogens (primary N) is 1. The van der Waals surface area contributed by atoms with Gasteiger partial charge in [-0.1, -0.05) is 0 Å². The summed E-state index contributed by atoms with van der Waals surface area (Å²) in [6.45, 7) is 0.872. The standard InChI is InChI=1S/C14H20FN3O2S/c1-17-11-3-4-12(17)9-18(7-6-11)21(19,20)14-5-2-10(16)8-13(14)15/h2,5,8,11-12H,3-4,6-7,9,16H2,1H3. The first kappa shape index (κ1) is 14.7. The number of benzene rings is 1. The summed E-state index contributed by atoms with van der Waals surface area (Å²) >= 11 is 0. The number of hydrogen-bond donors (Lipinski definition) is 1. The summed E-state index contributed by atoms with van der Waals surface area (Å²) in [7, 11) is -1.76. The monoisotopic (exact) mass is 313 g/mol. The lowest BCUT2D eigenvalue weighted by Crippen LogP contribution is -2.39. The predicted molar refractivity (Wildman–Crippen MR) is 78.8 cm³/mol. The second-order valence-corrected chi connectivity index (χ2v) is 7.80. The van der Waals surface area contributed by atoms with Gasteiger partial charge in [-0.25, -0.2) is 12.8 Å². The van der Waals surface area contributed by atoms with Crippen LogP contribution in [0.25, 0.3) is 0 Å².